The molecule has 4 nitrogen and oxygen atoms in total. The maximum Gasteiger partial charge on any atom is 0.315 e. The molecule has 0 aromatic rings. The van der Waals surface area contributed by atoms with Gasteiger partial charge in [0, 0.05) is 18.3 Å². The smallest absolute Gasteiger partial charge is 0.315 e. The summed E-state index contributed by atoms with van der Waals surface area (Å²) in [6.45, 7) is 6.69. The van der Waals surface area contributed by atoms with Crippen LogP contribution in [0.1, 0.15) is 39.0 Å². The lowest BCUT2D eigenvalue weighted by molar-refractivity contribution is 0.181. The van der Waals surface area contributed by atoms with E-state index in [0.29, 0.717) is 12.0 Å². The van der Waals surface area contributed by atoms with E-state index in [0.717, 1.165) is 18.7 Å². The van der Waals surface area contributed by atoms with Crippen molar-refractivity contribution in [3.8, 4) is 0 Å². The van der Waals surface area contributed by atoms with E-state index in [4.69, 9.17) is 0 Å². The van der Waals surface area contributed by atoms with E-state index in [-0.39, 0.29) is 6.03 Å². The molecule has 2 aliphatic rings. The molecule has 2 aliphatic heterocycles. The van der Waals surface area contributed by atoms with Crippen LogP contribution in [0.15, 0.2) is 0 Å². The third-order valence-corrected chi connectivity index (χ3v) is 5.51. The number of hydrogen-bond donors (Lipinski definition) is 2. The van der Waals surface area contributed by atoms with Crippen LogP contribution in [0.2, 0.25) is 0 Å². The fraction of sp³-hybridized carbons (Fsp3) is 0.933. The zero-order valence-electron chi connectivity index (χ0n) is 12.7. The number of nitrogens with zero attached hydrogens (tertiary/aromatic N) is 1. The van der Waals surface area contributed by atoms with Crippen LogP contribution in [0.25, 0.3) is 0 Å². The van der Waals surface area contributed by atoms with Gasteiger partial charge in [0.05, 0.1) is 0 Å². The molecular formula is C15H29N3OS. The van der Waals surface area contributed by atoms with Crippen LogP contribution >= 0.6 is 11.8 Å². The van der Waals surface area contributed by atoms with Gasteiger partial charge in [0.25, 0.3) is 0 Å². The molecule has 0 radical (unpaired) electrons. The van der Waals surface area contributed by atoms with Crippen molar-refractivity contribution in [1.82, 2.24) is 15.5 Å². The largest absolute Gasteiger partial charge is 0.338 e. The lowest BCUT2D eigenvalue weighted by Crippen LogP contribution is -2.46. The Balaban J connectivity index is 1.57. The number of carbonyl (C=O) groups is 1. The number of likely N-dealkylation sites (tertiary alicyclic amines) is 1. The summed E-state index contributed by atoms with van der Waals surface area (Å²) >= 11 is 1.95. The minimum Gasteiger partial charge on any atom is -0.338 e. The van der Waals surface area contributed by atoms with Crippen LogP contribution < -0.4 is 10.6 Å². The van der Waals surface area contributed by atoms with Gasteiger partial charge in [-0.1, -0.05) is 6.92 Å². The average molecular weight is 299 g/mol. The topological polar surface area (TPSA) is 44.4 Å². The van der Waals surface area contributed by atoms with E-state index in [9.17, 15) is 4.79 Å². The minimum atomic E-state index is 0.0356. The van der Waals surface area contributed by atoms with Crippen molar-refractivity contribution in [2.45, 2.75) is 45.1 Å². The third-order valence-electron chi connectivity index (χ3n) is 4.29. The van der Waals surface area contributed by atoms with Crippen LogP contribution in [0.3, 0.4) is 0 Å². The highest BCUT2D eigenvalue weighted by Crippen LogP contribution is 2.17. The normalized spacial score (nSPS) is 25.4. The molecule has 2 rings (SSSR count). The number of amides is 2. The summed E-state index contributed by atoms with van der Waals surface area (Å²) in [6.07, 6.45) is 6.05. The first-order chi connectivity index (χ1) is 9.78. The molecule has 1 atom stereocenters. The fourth-order valence-electron chi connectivity index (χ4n) is 3.06. The second-order valence-corrected chi connectivity index (χ2v) is 7.20. The quantitative estimate of drug-likeness (QED) is 0.819. The van der Waals surface area contributed by atoms with Crippen LogP contribution in [-0.2, 0) is 0 Å². The van der Waals surface area contributed by atoms with Crippen LogP contribution in [0.4, 0.5) is 4.79 Å². The number of urea groups is 1. The van der Waals surface area contributed by atoms with E-state index in [1.807, 2.05) is 11.8 Å². The SMILES string of the molecule is CCCN1CCC(CNC(=O)N[C@@H]2CCCSC2)CC1. The Hall–Kier alpha value is -0.420. The molecule has 0 aliphatic carbocycles. The summed E-state index contributed by atoms with van der Waals surface area (Å²) in [5.41, 5.74) is 0. The summed E-state index contributed by atoms with van der Waals surface area (Å²) < 4.78 is 0. The van der Waals surface area contributed by atoms with Crippen LogP contribution in [0, 0.1) is 5.92 Å². The van der Waals surface area contributed by atoms with Crippen molar-refractivity contribution >= 4 is 17.8 Å². The Morgan fingerprint density at radius 3 is 2.75 bits per heavy atom. The van der Waals surface area contributed by atoms with Gasteiger partial charge in [-0.25, -0.2) is 4.79 Å². The number of piperidine rings is 1. The summed E-state index contributed by atoms with van der Waals surface area (Å²) in [7, 11) is 0. The van der Waals surface area contributed by atoms with E-state index in [1.54, 1.807) is 0 Å². The maximum absolute atomic E-state index is 11.9. The molecule has 0 aromatic heterocycles. The molecular weight excluding hydrogens is 270 g/mol. The van der Waals surface area contributed by atoms with Crippen molar-refractivity contribution in [2.75, 3.05) is 37.7 Å². The molecule has 20 heavy (non-hydrogen) atoms. The van der Waals surface area contributed by atoms with Crippen molar-refractivity contribution < 1.29 is 4.79 Å². The summed E-state index contributed by atoms with van der Waals surface area (Å²) in [6, 6.07) is 0.411. The summed E-state index contributed by atoms with van der Waals surface area (Å²) in [5.74, 6) is 2.98. The van der Waals surface area contributed by atoms with Gasteiger partial charge in [0.15, 0.2) is 0 Å². The first-order valence-electron chi connectivity index (χ1n) is 8.12. The lowest BCUT2D eigenvalue weighted by Gasteiger charge is -2.32. The van der Waals surface area contributed by atoms with Gasteiger partial charge in [-0.15, -0.1) is 0 Å². The molecule has 0 saturated carbocycles. The minimum absolute atomic E-state index is 0.0356. The molecule has 2 amide bonds. The molecule has 0 unspecified atom stereocenters. The Labute approximate surface area is 127 Å². The zero-order valence-corrected chi connectivity index (χ0v) is 13.5. The molecule has 0 spiro atoms. The van der Waals surface area contributed by atoms with E-state index >= 15 is 0 Å². The second kappa shape index (κ2) is 8.78. The molecule has 2 N–H and O–H groups in total. The van der Waals surface area contributed by atoms with Crippen LogP contribution in [-0.4, -0.2) is 54.7 Å². The van der Waals surface area contributed by atoms with Crippen molar-refractivity contribution in [1.29, 1.82) is 0 Å². The summed E-state index contributed by atoms with van der Waals surface area (Å²) in [5, 5.41) is 6.17. The number of hydrogen-bond acceptors (Lipinski definition) is 3. The highest BCUT2D eigenvalue weighted by atomic mass is 32.2. The van der Waals surface area contributed by atoms with Crippen molar-refractivity contribution in [2.24, 2.45) is 5.92 Å². The second-order valence-electron chi connectivity index (χ2n) is 6.05. The zero-order chi connectivity index (χ0) is 14.2. The standard InChI is InChI=1S/C15H29N3OS/c1-2-7-18-8-5-13(6-9-18)11-16-15(19)17-14-4-3-10-20-12-14/h13-14H,2-12H2,1H3,(H2,16,17,19)/t14-/m1/s1. The van der Waals surface area contributed by atoms with Gasteiger partial charge in [-0.3, -0.25) is 0 Å². The Morgan fingerprint density at radius 1 is 1.30 bits per heavy atom. The predicted molar refractivity (Wildman–Crippen MR) is 86.3 cm³/mol. The highest BCUT2D eigenvalue weighted by molar-refractivity contribution is 7.99. The predicted octanol–water partition coefficient (Wildman–Crippen LogP) is 2.30. The first kappa shape index (κ1) is 16.0. The maximum atomic E-state index is 11.9. The molecule has 116 valence electrons. The molecule has 0 bridgehead atoms. The Kier molecular flexibility index (Phi) is 7.00. The third kappa shape index (κ3) is 5.52. The van der Waals surface area contributed by atoms with Crippen LogP contribution in [0.5, 0.6) is 0 Å². The van der Waals surface area contributed by atoms with Crippen molar-refractivity contribution in [3.63, 3.8) is 0 Å². The number of thioether (sulfide) groups is 1. The van der Waals surface area contributed by atoms with E-state index < -0.39 is 0 Å². The molecule has 0 aromatic carbocycles. The first-order valence-corrected chi connectivity index (χ1v) is 9.28. The molecule has 2 fully saturated rings. The number of nitrogens with one attached hydrogen (secondary N) is 2. The van der Waals surface area contributed by atoms with Gasteiger partial charge in [-0.2, -0.15) is 11.8 Å². The Morgan fingerprint density at radius 2 is 2.10 bits per heavy atom. The van der Waals surface area contributed by atoms with Gasteiger partial charge in [0.2, 0.25) is 0 Å². The van der Waals surface area contributed by atoms with Crippen molar-refractivity contribution in [3.05, 3.63) is 0 Å². The van der Waals surface area contributed by atoms with Gasteiger partial charge in [-0.05, 0) is 63.4 Å². The van der Waals surface area contributed by atoms with Gasteiger partial charge in [0.1, 0.15) is 0 Å². The molecule has 2 saturated heterocycles. The monoisotopic (exact) mass is 299 g/mol. The summed E-state index contributed by atoms with van der Waals surface area (Å²) in [4.78, 5) is 14.4. The van der Waals surface area contributed by atoms with E-state index in [2.05, 4.69) is 22.5 Å². The molecule has 5 heteroatoms. The molecule has 2 heterocycles. The average Bonchev–Trinajstić information content (AvgIpc) is 2.48. The van der Waals surface area contributed by atoms with E-state index in [1.165, 1.54) is 51.1 Å². The number of carbonyl (C=O) groups excluding carboxylic acids is 1. The van der Waals surface area contributed by atoms with Gasteiger partial charge < -0.3 is 15.5 Å². The lowest BCUT2D eigenvalue weighted by atomic mass is 9.97. The van der Waals surface area contributed by atoms with Gasteiger partial charge >= 0.3 is 6.03 Å². The Bertz CT molecular complexity index is 287. The highest BCUT2D eigenvalue weighted by Gasteiger charge is 2.20. The number of rotatable bonds is 5. The fourth-order valence-corrected chi connectivity index (χ4v) is 4.13.